The fourth-order valence-electron chi connectivity index (χ4n) is 1.17. The third-order valence-corrected chi connectivity index (χ3v) is 2.00. The van der Waals surface area contributed by atoms with Crippen LogP contribution in [0.5, 0.6) is 0 Å². The van der Waals surface area contributed by atoms with Crippen LogP contribution in [-0.2, 0) is 4.79 Å². The summed E-state index contributed by atoms with van der Waals surface area (Å²) in [4.78, 5) is 10.4. The van der Waals surface area contributed by atoms with Crippen molar-refractivity contribution in [1.82, 2.24) is 5.32 Å². The van der Waals surface area contributed by atoms with E-state index in [0.29, 0.717) is 18.2 Å². The Kier molecular flexibility index (Phi) is 4.93. The molecule has 0 aliphatic carbocycles. The predicted octanol–water partition coefficient (Wildman–Crippen LogP) is 1.19. The van der Waals surface area contributed by atoms with E-state index in [1.807, 2.05) is 6.08 Å². The standard InChI is InChI=1S/C8H13NO2.ClH/c1-2-7-4-3-6(5-9-7)8(10)11;/h3,7,9H,2,4-5H2,1H3,(H,10,11);1H. The molecule has 1 aliphatic rings. The average molecular weight is 192 g/mol. The summed E-state index contributed by atoms with van der Waals surface area (Å²) in [7, 11) is 0. The molecule has 1 rings (SSSR count). The van der Waals surface area contributed by atoms with Gasteiger partial charge in [0.1, 0.15) is 0 Å². The predicted molar refractivity (Wildman–Crippen MR) is 49.7 cm³/mol. The van der Waals surface area contributed by atoms with Crippen LogP contribution < -0.4 is 5.32 Å². The second-order valence-corrected chi connectivity index (χ2v) is 2.76. The molecule has 0 aromatic heterocycles. The number of halogens is 1. The zero-order valence-corrected chi connectivity index (χ0v) is 7.86. The SMILES string of the molecule is CCC1CC=C(C(=O)O)CN1.Cl. The number of hydrogen-bond donors (Lipinski definition) is 2. The van der Waals surface area contributed by atoms with Gasteiger partial charge in [-0.3, -0.25) is 0 Å². The summed E-state index contributed by atoms with van der Waals surface area (Å²) in [5.41, 5.74) is 0.495. The van der Waals surface area contributed by atoms with Gasteiger partial charge in [0, 0.05) is 18.2 Å². The van der Waals surface area contributed by atoms with Gasteiger partial charge in [-0.25, -0.2) is 4.79 Å². The van der Waals surface area contributed by atoms with E-state index in [-0.39, 0.29) is 12.4 Å². The molecule has 0 radical (unpaired) electrons. The minimum Gasteiger partial charge on any atom is -0.478 e. The lowest BCUT2D eigenvalue weighted by atomic mass is 10.0. The molecular weight excluding hydrogens is 178 g/mol. The van der Waals surface area contributed by atoms with Crippen molar-refractivity contribution in [3.05, 3.63) is 11.6 Å². The molecule has 1 aliphatic heterocycles. The van der Waals surface area contributed by atoms with Crippen molar-refractivity contribution < 1.29 is 9.90 Å². The van der Waals surface area contributed by atoms with E-state index in [0.717, 1.165) is 12.8 Å². The second-order valence-electron chi connectivity index (χ2n) is 2.76. The van der Waals surface area contributed by atoms with Crippen LogP contribution in [0.2, 0.25) is 0 Å². The Labute approximate surface area is 78.3 Å². The fraction of sp³-hybridized carbons (Fsp3) is 0.625. The smallest absolute Gasteiger partial charge is 0.332 e. The van der Waals surface area contributed by atoms with Crippen LogP contribution in [0.1, 0.15) is 19.8 Å². The molecule has 0 aromatic rings. The number of nitrogens with one attached hydrogen (secondary N) is 1. The Bertz CT molecular complexity index is 191. The van der Waals surface area contributed by atoms with E-state index in [9.17, 15) is 4.79 Å². The lowest BCUT2D eigenvalue weighted by Gasteiger charge is -2.20. The van der Waals surface area contributed by atoms with Gasteiger partial charge in [-0.05, 0) is 12.8 Å². The number of carboxylic acid groups (broad SMARTS) is 1. The van der Waals surface area contributed by atoms with Crippen LogP contribution in [0, 0.1) is 0 Å². The maximum absolute atomic E-state index is 10.4. The topological polar surface area (TPSA) is 49.3 Å². The van der Waals surface area contributed by atoms with Crippen molar-refractivity contribution in [2.24, 2.45) is 0 Å². The molecule has 0 fully saturated rings. The molecule has 70 valence electrons. The first-order valence-corrected chi connectivity index (χ1v) is 3.89. The van der Waals surface area contributed by atoms with Crippen LogP contribution >= 0.6 is 12.4 Å². The van der Waals surface area contributed by atoms with Gasteiger partial charge in [0.05, 0.1) is 0 Å². The number of carboxylic acids is 1. The highest BCUT2D eigenvalue weighted by atomic mass is 35.5. The Morgan fingerprint density at radius 2 is 2.50 bits per heavy atom. The van der Waals surface area contributed by atoms with Gasteiger partial charge in [-0.15, -0.1) is 12.4 Å². The van der Waals surface area contributed by atoms with E-state index < -0.39 is 5.97 Å². The van der Waals surface area contributed by atoms with Crippen molar-refractivity contribution in [1.29, 1.82) is 0 Å². The Morgan fingerprint density at radius 3 is 2.83 bits per heavy atom. The summed E-state index contributed by atoms with van der Waals surface area (Å²) in [6.07, 6.45) is 3.72. The van der Waals surface area contributed by atoms with E-state index in [4.69, 9.17) is 5.11 Å². The largest absolute Gasteiger partial charge is 0.478 e. The lowest BCUT2D eigenvalue weighted by molar-refractivity contribution is -0.132. The average Bonchev–Trinajstić information content (AvgIpc) is 2.05. The van der Waals surface area contributed by atoms with Crippen LogP contribution in [-0.4, -0.2) is 23.7 Å². The molecule has 0 saturated carbocycles. The van der Waals surface area contributed by atoms with Crippen molar-refractivity contribution >= 4 is 18.4 Å². The van der Waals surface area contributed by atoms with E-state index in [1.54, 1.807) is 0 Å². The quantitative estimate of drug-likeness (QED) is 0.690. The summed E-state index contributed by atoms with van der Waals surface area (Å²) < 4.78 is 0. The zero-order chi connectivity index (χ0) is 8.27. The fourth-order valence-corrected chi connectivity index (χ4v) is 1.17. The van der Waals surface area contributed by atoms with Crippen LogP contribution in [0.15, 0.2) is 11.6 Å². The van der Waals surface area contributed by atoms with Gasteiger partial charge in [0.25, 0.3) is 0 Å². The van der Waals surface area contributed by atoms with Gasteiger partial charge in [0.15, 0.2) is 0 Å². The summed E-state index contributed by atoms with van der Waals surface area (Å²) in [6.45, 7) is 2.60. The monoisotopic (exact) mass is 191 g/mol. The molecule has 12 heavy (non-hydrogen) atoms. The van der Waals surface area contributed by atoms with Crippen LogP contribution in [0.25, 0.3) is 0 Å². The van der Waals surface area contributed by atoms with Gasteiger partial charge >= 0.3 is 5.97 Å². The molecule has 0 aromatic carbocycles. The minimum absolute atomic E-state index is 0. The zero-order valence-electron chi connectivity index (χ0n) is 7.04. The minimum atomic E-state index is -0.799. The number of hydrogen-bond acceptors (Lipinski definition) is 2. The maximum atomic E-state index is 10.4. The maximum Gasteiger partial charge on any atom is 0.332 e. The summed E-state index contributed by atoms with van der Waals surface area (Å²) in [5.74, 6) is -0.799. The van der Waals surface area contributed by atoms with Crippen molar-refractivity contribution in [2.45, 2.75) is 25.8 Å². The highest BCUT2D eigenvalue weighted by Crippen LogP contribution is 2.08. The Morgan fingerprint density at radius 1 is 1.83 bits per heavy atom. The number of carbonyl (C=O) groups is 1. The molecule has 1 atom stereocenters. The number of rotatable bonds is 2. The second kappa shape index (κ2) is 5.17. The molecule has 0 spiro atoms. The third-order valence-electron chi connectivity index (χ3n) is 2.00. The highest BCUT2D eigenvalue weighted by Gasteiger charge is 2.15. The first-order chi connectivity index (χ1) is 5.24. The van der Waals surface area contributed by atoms with Gasteiger partial charge in [0.2, 0.25) is 0 Å². The summed E-state index contributed by atoms with van der Waals surface area (Å²) in [5, 5.41) is 11.7. The molecule has 4 heteroatoms. The van der Waals surface area contributed by atoms with Gasteiger partial charge < -0.3 is 10.4 Å². The molecule has 0 bridgehead atoms. The molecular formula is C8H14ClNO2. The third kappa shape index (κ3) is 2.83. The normalized spacial score (nSPS) is 22.4. The summed E-state index contributed by atoms with van der Waals surface area (Å²) >= 11 is 0. The first-order valence-electron chi connectivity index (χ1n) is 3.89. The molecule has 0 amide bonds. The van der Waals surface area contributed by atoms with Crippen LogP contribution in [0.4, 0.5) is 0 Å². The lowest BCUT2D eigenvalue weighted by Crippen LogP contribution is -2.34. The van der Waals surface area contributed by atoms with Gasteiger partial charge in [-0.1, -0.05) is 13.0 Å². The van der Waals surface area contributed by atoms with E-state index in [2.05, 4.69) is 12.2 Å². The van der Waals surface area contributed by atoms with E-state index in [1.165, 1.54) is 0 Å². The number of aliphatic carboxylic acids is 1. The Hall–Kier alpha value is -0.540. The molecule has 0 saturated heterocycles. The van der Waals surface area contributed by atoms with Crippen molar-refractivity contribution in [3.63, 3.8) is 0 Å². The highest BCUT2D eigenvalue weighted by molar-refractivity contribution is 5.87. The van der Waals surface area contributed by atoms with E-state index >= 15 is 0 Å². The van der Waals surface area contributed by atoms with Crippen molar-refractivity contribution in [3.8, 4) is 0 Å². The van der Waals surface area contributed by atoms with Crippen LogP contribution in [0.3, 0.4) is 0 Å². The molecule has 1 unspecified atom stereocenters. The summed E-state index contributed by atoms with van der Waals surface area (Å²) in [6, 6.07) is 0.470. The first kappa shape index (κ1) is 11.5. The molecule has 1 heterocycles. The van der Waals surface area contributed by atoms with Crippen molar-refractivity contribution in [2.75, 3.05) is 6.54 Å². The van der Waals surface area contributed by atoms with Gasteiger partial charge in [-0.2, -0.15) is 0 Å². The Balaban J connectivity index is 0.00000121. The molecule has 3 nitrogen and oxygen atoms in total. The molecule has 2 N–H and O–H groups in total.